The second-order valence-corrected chi connectivity index (χ2v) is 5.72. The predicted octanol–water partition coefficient (Wildman–Crippen LogP) is 2.24. The molecule has 1 aliphatic rings. The normalized spacial score (nSPS) is 18.4. The predicted molar refractivity (Wildman–Crippen MR) is 74.8 cm³/mol. The first-order chi connectivity index (χ1) is 9.34. The quantitative estimate of drug-likeness (QED) is 0.857. The van der Waals surface area contributed by atoms with Crippen LogP contribution in [0.2, 0.25) is 0 Å². The minimum Gasteiger partial charge on any atom is -0.337 e. The van der Waals surface area contributed by atoms with Crippen molar-refractivity contribution in [3.8, 4) is 11.5 Å². The number of aromatic nitrogens is 3. The van der Waals surface area contributed by atoms with E-state index in [-0.39, 0.29) is 6.04 Å². The molecule has 2 aromatic heterocycles. The molecule has 6 heteroatoms. The molecular formula is C13H16N4OS. The zero-order valence-corrected chi connectivity index (χ0v) is 11.6. The summed E-state index contributed by atoms with van der Waals surface area (Å²) in [4.78, 5) is 11.1. The lowest BCUT2D eigenvalue weighted by Gasteiger charge is -2.29. The van der Waals surface area contributed by atoms with Gasteiger partial charge in [0.2, 0.25) is 11.7 Å². The van der Waals surface area contributed by atoms with Gasteiger partial charge in [-0.3, -0.25) is 9.88 Å². The summed E-state index contributed by atoms with van der Waals surface area (Å²) in [7, 11) is 0. The third kappa shape index (κ3) is 2.79. The summed E-state index contributed by atoms with van der Waals surface area (Å²) < 4.78 is 5.38. The van der Waals surface area contributed by atoms with Gasteiger partial charge in [-0.1, -0.05) is 11.2 Å². The first-order valence-corrected chi connectivity index (χ1v) is 7.57. The highest BCUT2D eigenvalue weighted by Crippen LogP contribution is 2.24. The molecule has 19 heavy (non-hydrogen) atoms. The van der Waals surface area contributed by atoms with Crippen LogP contribution in [0.1, 0.15) is 18.9 Å². The lowest BCUT2D eigenvalue weighted by atomic mass is 10.2. The van der Waals surface area contributed by atoms with E-state index in [1.165, 1.54) is 11.5 Å². The average molecular weight is 276 g/mol. The molecule has 0 saturated carbocycles. The van der Waals surface area contributed by atoms with E-state index >= 15 is 0 Å². The molecule has 5 nitrogen and oxygen atoms in total. The maximum atomic E-state index is 5.38. The Bertz CT molecular complexity index is 524. The summed E-state index contributed by atoms with van der Waals surface area (Å²) in [5.74, 6) is 3.58. The number of thioether (sulfide) groups is 1. The van der Waals surface area contributed by atoms with Gasteiger partial charge in [-0.25, -0.2) is 0 Å². The van der Waals surface area contributed by atoms with Crippen LogP contribution in [0, 0.1) is 0 Å². The van der Waals surface area contributed by atoms with Crippen LogP contribution in [0.3, 0.4) is 0 Å². The van der Waals surface area contributed by atoms with E-state index in [0.29, 0.717) is 11.7 Å². The van der Waals surface area contributed by atoms with Crippen LogP contribution in [0.5, 0.6) is 0 Å². The molecular weight excluding hydrogens is 260 g/mol. The van der Waals surface area contributed by atoms with Crippen molar-refractivity contribution in [2.24, 2.45) is 0 Å². The number of pyridine rings is 1. The molecule has 1 saturated heterocycles. The van der Waals surface area contributed by atoms with Gasteiger partial charge in [-0.2, -0.15) is 16.7 Å². The molecule has 0 spiro atoms. The van der Waals surface area contributed by atoms with Gasteiger partial charge in [-0.05, 0) is 19.1 Å². The van der Waals surface area contributed by atoms with Gasteiger partial charge in [0.05, 0.1) is 6.04 Å². The summed E-state index contributed by atoms with van der Waals surface area (Å²) in [6, 6.07) is 5.85. The molecule has 0 aliphatic carbocycles. The Morgan fingerprint density at radius 1 is 1.32 bits per heavy atom. The van der Waals surface area contributed by atoms with Crippen molar-refractivity contribution < 1.29 is 4.52 Å². The standard InChI is InChI=1S/C13H16N4OS/c1-10(17-6-8-19-9-7-17)13-15-12(16-18-13)11-4-2-3-5-14-11/h2-5,10H,6-9H2,1H3. The first kappa shape index (κ1) is 12.6. The molecule has 0 aromatic carbocycles. The fraction of sp³-hybridized carbons (Fsp3) is 0.462. The lowest BCUT2D eigenvalue weighted by Crippen LogP contribution is -2.34. The van der Waals surface area contributed by atoms with Crippen molar-refractivity contribution in [1.29, 1.82) is 0 Å². The largest absolute Gasteiger partial charge is 0.337 e. The fourth-order valence-corrected chi connectivity index (χ4v) is 3.06. The maximum Gasteiger partial charge on any atom is 0.244 e. The monoisotopic (exact) mass is 276 g/mol. The Labute approximate surface area is 116 Å². The van der Waals surface area contributed by atoms with Crippen molar-refractivity contribution in [1.82, 2.24) is 20.0 Å². The van der Waals surface area contributed by atoms with Crippen molar-refractivity contribution in [3.05, 3.63) is 30.3 Å². The van der Waals surface area contributed by atoms with Crippen LogP contribution in [-0.4, -0.2) is 44.6 Å². The molecule has 0 N–H and O–H groups in total. The van der Waals surface area contributed by atoms with Gasteiger partial charge in [0.15, 0.2) is 0 Å². The molecule has 0 amide bonds. The molecule has 3 heterocycles. The SMILES string of the molecule is CC(c1nc(-c2ccccn2)no1)N1CCSCC1. The topological polar surface area (TPSA) is 55.1 Å². The van der Waals surface area contributed by atoms with Gasteiger partial charge in [0.1, 0.15) is 5.69 Å². The van der Waals surface area contributed by atoms with E-state index in [4.69, 9.17) is 4.52 Å². The van der Waals surface area contributed by atoms with Gasteiger partial charge in [0.25, 0.3) is 0 Å². The molecule has 100 valence electrons. The Morgan fingerprint density at radius 2 is 2.16 bits per heavy atom. The van der Waals surface area contributed by atoms with Gasteiger partial charge >= 0.3 is 0 Å². The molecule has 1 atom stereocenters. The fourth-order valence-electron chi connectivity index (χ4n) is 2.12. The molecule has 0 bridgehead atoms. The van der Waals surface area contributed by atoms with Crippen molar-refractivity contribution in [2.45, 2.75) is 13.0 Å². The highest BCUT2D eigenvalue weighted by molar-refractivity contribution is 7.99. The summed E-state index contributed by atoms with van der Waals surface area (Å²) in [5.41, 5.74) is 0.749. The van der Waals surface area contributed by atoms with Crippen LogP contribution in [0.15, 0.2) is 28.9 Å². The highest BCUT2D eigenvalue weighted by atomic mass is 32.2. The van der Waals surface area contributed by atoms with Crippen LogP contribution < -0.4 is 0 Å². The maximum absolute atomic E-state index is 5.38. The van der Waals surface area contributed by atoms with Crippen LogP contribution in [-0.2, 0) is 0 Å². The summed E-state index contributed by atoms with van der Waals surface area (Å²) in [6.07, 6.45) is 1.73. The molecule has 1 fully saturated rings. The Kier molecular flexibility index (Phi) is 3.79. The summed E-state index contributed by atoms with van der Waals surface area (Å²) in [6.45, 7) is 4.27. The molecule has 0 radical (unpaired) electrons. The average Bonchev–Trinajstić information content (AvgIpc) is 2.98. The molecule has 1 unspecified atom stereocenters. The Hall–Kier alpha value is -1.40. The zero-order valence-electron chi connectivity index (χ0n) is 10.8. The third-order valence-electron chi connectivity index (χ3n) is 3.29. The van der Waals surface area contributed by atoms with Crippen molar-refractivity contribution in [3.63, 3.8) is 0 Å². The number of hydrogen-bond donors (Lipinski definition) is 0. The van der Waals surface area contributed by atoms with E-state index < -0.39 is 0 Å². The van der Waals surface area contributed by atoms with Gasteiger partial charge in [0, 0.05) is 30.8 Å². The lowest BCUT2D eigenvalue weighted by molar-refractivity contribution is 0.189. The van der Waals surface area contributed by atoms with E-state index in [1.54, 1.807) is 6.20 Å². The van der Waals surface area contributed by atoms with Crippen molar-refractivity contribution >= 4 is 11.8 Å². The van der Waals surface area contributed by atoms with E-state index in [2.05, 4.69) is 26.9 Å². The van der Waals surface area contributed by atoms with Crippen molar-refractivity contribution in [2.75, 3.05) is 24.6 Å². The van der Waals surface area contributed by atoms with E-state index in [1.807, 2.05) is 30.0 Å². The van der Waals surface area contributed by atoms with Crippen LogP contribution in [0.4, 0.5) is 0 Å². The van der Waals surface area contributed by atoms with Crippen LogP contribution in [0.25, 0.3) is 11.5 Å². The third-order valence-corrected chi connectivity index (χ3v) is 4.23. The molecule has 2 aromatic rings. The first-order valence-electron chi connectivity index (χ1n) is 6.41. The second kappa shape index (κ2) is 5.71. The Morgan fingerprint density at radius 3 is 2.89 bits per heavy atom. The highest BCUT2D eigenvalue weighted by Gasteiger charge is 2.23. The van der Waals surface area contributed by atoms with Gasteiger partial charge < -0.3 is 4.52 Å². The molecule has 1 aliphatic heterocycles. The van der Waals surface area contributed by atoms with Crippen LogP contribution >= 0.6 is 11.8 Å². The summed E-state index contributed by atoms with van der Waals surface area (Å²) in [5, 5.41) is 4.02. The van der Waals surface area contributed by atoms with Gasteiger partial charge in [-0.15, -0.1) is 0 Å². The van der Waals surface area contributed by atoms with E-state index in [0.717, 1.165) is 18.8 Å². The number of nitrogens with zero attached hydrogens (tertiary/aromatic N) is 4. The second-order valence-electron chi connectivity index (χ2n) is 4.50. The minimum atomic E-state index is 0.172. The summed E-state index contributed by atoms with van der Waals surface area (Å²) >= 11 is 2.00. The molecule has 3 rings (SSSR count). The minimum absolute atomic E-state index is 0.172. The Balaban J connectivity index is 1.77. The van der Waals surface area contributed by atoms with E-state index in [9.17, 15) is 0 Å². The zero-order chi connectivity index (χ0) is 13.1. The number of rotatable bonds is 3. The smallest absolute Gasteiger partial charge is 0.244 e. The number of hydrogen-bond acceptors (Lipinski definition) is 6.